The third kappa shape index (κ3) is 35.1. The molecular formula is C90H114F12N2O. The van der Waals surface area contributed by atoms with Gasteiger partial charge in [-0.25, -0.2) is 4.85 Å². The van der Waals surface area contributed by atoms with Gasteiger partial charge in [0.15, 0.2) is 5.69 Å². The zero-order valence-corrected chi connectivity index (χ0v) is 66.9. The summed E-state index contributed by atoms with van der Waals surface area (Å²) in [5, 5.41) is 8.71. The van der Waals surface area contributed by atoms with Gasteiger partial charge >= 0.3 is 24.9 Å². The highest BCUT2D eigenvalue weighted by atomic mass is 19.4. The van der Waals surface area contributed by atoms with Crippen molar-refractivity contribution in [1.82, 2.24) is 0 Å². The maximum absolute atomic E-state index is 12.6. The Balaban J connectivity index is 0.000000601. The molecule has 0 radical (unpaired) electrons. The molecule has 0 saturated carbocycles. The average molecular weight is 1470 g/mol. The van der Waals surface area contributed by atoms with Crippen LogP contribution in [0.25, 0.3) is 4.85 Å². The summed E-state index contributed by atoms with van der Waals surface area (Å²) in [6.07, 6.45) is -17.3. The molecule has 0 atom stereocenters. The first-order chi connectivity index (χ1) is 48.1. The van der Waals surface area contributed by atoms with Gasteiger partial charge in [-0.05, 0) is 224 Å². The van der Waals surface area contributed by atoms with Gasteiger partial charge in [0.1, 0.15) is 5.75 Å². The first-order valence-electron chi connectivity index (χ1n) is 35.7. The second-order valence-electron chi connectivity index (χ2n) is 29.7. The first kappa shape index (κ1) is 94.7. The summed E-state index contributed by atoms with van der Waals surface area (Å²) < 4.78 is 152. The van der Waals surface area contributed by atoms with Crippen LogP contribution in [0, 0.1) is 80.2 Å². The molecule has 0 spiro atoms. The number of nitriles is 1. The van der Waals surface area contributed by atoms with Crippen molar-refractivity contribution in [1.29, 1.82) is 5.26 Å². The van der Waals surface area contributed by atoms with E-state index in [1.165, 1.54) is 96.5 Å². The second-order valence-corrected chi connectivity index (χ2v) is 29.7. The molecule has 0 bridgehead atoms. The van der Waals surface area contributed by atoms with Crippen LogP contribution >= 0.6 is 0 Å². The molecule has 8 aromatic carbocycles. The number of alkyl halides is 12. The first-order valence-corrected chi connectivity index (χ1v) is 35.7. The molecule has 105 heavy (non-hydrogen) atoms. The highest BCUT2D eigenvalue weighted by Crippen LogP contribution is 2.38. The molecule has 0 saturated heterocycles. The van der Waals surface area contributed by atoms with E-state index in [0.717, 1.165) is 39.4 Å². The van der Waals surface area contributed by atoms with Crippen molar-refractivity contribution in [2.45, 2.75) is 265 Å². The van der Waals surface area contributed by atoms with Gasteiger partial charge in [-0.2, -0.15) is 44.8 Å². The average Bonchev–Trinajstić information content (AvgIpc) is 0.795. The Bertz CT molecular complexity index is 3870. The van der Waals surface area contributed by atoms with E-state index in [4.69, 9.17) is 11.8 Å². The maximum Gasteiger partial charge on any atom is 0.573 e. The minimum absolute atomic E-state index is 0.122. The largest absolute Gasteiger partial charge is 0.573 e. The summed E-state index contributed by atoms with van der Waals surface area (Å²) >= 11 is 0. The predicted octanol–water partition coefficient (Wildman–Crippen LogP) is 30.8. The Morgan fingerprint density at radius 2 is 0.610 bits per heavy atom. The quantitative estimate of drug-likeness (QED) is 0.101. The fourth-order valence-corrected chi connectivity index (χ4v) is 10.8. The van der Waals surface area contributed by atoms with Crippen molar-refractivity contribution < 1.29 is 57.4 Å². The Morgan fingerprint density at radius 3 is 0.924 bits per heavy atom. The Morgan fingerprint density at radius 1 is 0.305 bits per heavy atom. The number of hydrogen-bond acceptors (Lipinski definition) is 2. The van der Waals surface area contributed by atoms with Gasteiger partial charge in [0.05, 0.1) is 29.3 Å². The van der Waals surface area contributed by atoms with Crippen molar-refractivity contribution in [2.75, 3.05) is 0 Å². The summed E-state index contributed by atoms with van der Waals surface area (Å²) in [4.78, 5) is 3.32. The number of nitrogens with zero attached hydrogens (tertiary/aromatic N) is 2. The van der Waals surface area contributed by atoms with Crippen LogP contribution in [0.1, 0.15) is 300 Å². The molecule has 0 aromatic heterocycles. The highest BCUT2D eigenvalue weighted by Gasteiger charge is 2.36. The molecule has 8 aromatic rings. The molecule has 0 N–H and O–H groups in total. The van der Waals surface area contributed by atoms with E-state index in [-0.39, 0.29) is 35.0 Å². The Kier molecular flexibility index (Phi) is 38.6. The Labute approximate surface area is 621 Å². The van der Waals surface area contributed by atoms with E-state index >= 15 is 0 Å². The van der Waals surface area contributed by atoms with Crippen LogP contribution in [0.3, 0.4) is 0 Å². The molecule has 0 heterocycles. The maximum atomic E-state index is 12.6. The molecule has 0 aliphatic heterocycles. The second kappa shape index (κ2) is 42.7. The fraction of sp³-hybridized carbons (Fsp3) is 0.444. The minimum Gasteiger partial charge on any atom is -0.406 e. The van der Waals surface area contributed by atoms with E-state index in [9.17, 15) is 52.7 Å². The van der Waals surface area contributed by atoms with Gasteiger partial charge in [0.2, 0.25) is 0 Å². The highest BCUT2D eigenvalue weighted by molar-refractivity contribution is 5.53. The molecule has 0 fully saturated rings. The van der Waals surface area contributed by atoms with Crippen LogP contribution in [0.2, 0.25) is 0 Å². The lowest BCUT2D eigenvalue weighted by Gasteiger charge is -2.16. The van der Waals surface area contributed by atoms with Crippen LogP contribution in [-0.2, 0) is 18.5 Å². The van der Waals surface area contributed by atoms with Crippen molar-refractivity contribution >= 4 is 5.69 Å². The molecule has 574 valence electrons. The van der Waals surface area contributed by atoms with E-state index in [2.05, 4.69) is 159 Å². The summed E-state index contributed by atoms with van der Waals surface area (Å²) in [6.45, 7) is 60.6. The van der Waals surface area contributed by atoms with Gasteiger partial charge in [-0.15, -0.1) is 13.2 Å². The zero-order chi connectivity index (χ0) is 81.1. The standard InChI is InChI=1S/C12H15F3.C12H18.C11H13F3O.2C11H13F3.C11H10N2.2C11H16/c1-7(2)10-5-8(3)11(9(4)6-10)12(13,14)15;1-9(2)11-5-7-12(8-6-11)10(3)4;1-7(2)9-4-8(3)5-10(6-9)15-11(12,13)14;1-7(2)9-4-5-10(8(3)6-9)11(12,13)14;1-7(2)9-5-4-8(3)10(6-9)11(12,13)14;1-8(2)10-4-9(7-12)5-11(6-10)13-3;2*1-8(2)11-6-9(3)5-10(4)7-11/h5-7H,1-4H3;5-10H,1-4H3;4-7H,1-3H3;2*4-7H,1-3H3;4-6,8H,1-2H3;2*5-8H,1-4H3. The molecular weight excluding hydrogens is 1350 g/mol. The Hall–Kier alpha value is -8.30. The number of halogens is 12. The fourth-order valence-electron chi connectivity index (χ4n) is 10.8. The van der Waals surface area contributed by atoms with E-state index in [0.29, 0.717) is 57.5 Å². The SMILES string of the molecule is CC(C)c1ccc(C(C)C)cc1.Cc1cc(C(C)C)cc(C)c1C(F)(F)F.Cc1cc(C(C)C)ccc1C(F)(F)F.Cc1cc(C)cc(C(C)C)c1.Cc1cc(C)cc(C(C)C)c1.Cc1cc(OC(F)(F)F)cc(C(C)C)c1.Cc1ccc(C(C)C)cc1C(F)(F)F.[C-]#[N+]c1cc(C#N)cc(C(C)C)c1. The van der Waals surface area contributed by atoms with Gasteiger partial charge in [-0.1, -0.05) is 262 Å². The lowest BCUT2D eigenvalue weighted by molar-refractivity contribution is -0.274. The number of benzene rings is 8. The van der Waals surface area contributed by atoms with Crippen LogP contribution < -0.4 is 4.74 Å². The lowest BCUT2D eigenvalue weighted by atomic mass is 9.94. The van der Waals surface area contributed by atoms with Crippen LogP contribution in [0.15, 0.2) is 146 Å². The minimum atomic E-state index is -4.62. The van der Waals surface area contributed by atoms with Crippen LogP contribution in [0.5, 0.6) is 5.75 Å². The zero-order valence-electron chi connectivity index (χ0n) is 66.9. The predicted molar refractivity (Wildman–Crippen MR) is 414 cm³/mol. The van der Waals surface area contributed by atoms with E-state index < -0.39 is 41.6 Å². The van der Waals surface area contributed by atoms with Gasteiger partial charge < -0.3 is 4.74 Å². The van der Waals surface area contributed by atoms with Gasteiger partial charge in [0, 0.05) is 5.56 Å². The monoisotopic (exact) mass is 1470 g/mol. The van der Waals surface area contributed by atoms with E-state index in [1.807, 2.05) is 87.4 Å². The number of ether oxygens (including phenoxy) is 1. The summed E-state index contributed by atoms with van der Waals surface area (Å²) in [6, 6.07) is 46.5. The molecule has 8 rings (SSSR count). The van der Waals surface area contributed by atoms with Crippen molar-refractivity contribution in [3.63, 3.8) is 0 Å². The number of hydrogen-bond donors (Lipinski definition) is 0. The number of rotatable bonds is 10. The number of aryl methyl sites for hydroxylation is 9. The third-order valence-corrected chi connectivity index (χ3v) is 16.9. The van der Waals surface area contributed by atoms with Gasteiger partial charge in [0.25, 0.3) is 0 Å². The molecule has 0 aliphatic carbocycles. The van der Waals surface area contributed by atoms with Gasteiger partial charge in [-0.3, -0.25) is 0 Å². The molecule has 3 nitrogen and oxygen atoms in total. The normalized spacial score (nSPS) is 11.4. The topological polar surface area (TPSA) is 37.4 Å². The molecule has 0 aliphatic rings. The van der Waals surface area contributed by atoms with E-state index in [1.54, 1.807) is 43.3 Å². The van der Waals surface area contributed by atoms with Crippen molar-refractivity contribution in [2.24, 2.45) is 0 Å². The lowest BCUT2D eigenvalue weighted by Crippen LogP contribution is -2.17. The smallest absolute Gasteiger partial charge is 0.406 e. The summed E-state index contributed by atoms with van der Waals surface area (Å²) in [5.74, 6) is 3.61. The third-order valence-electron chi connectivity index (χ3n) is 16.9. The van der Waals surface area contributed by atoms with Crippen molar-refractivity contribution in [3.05, 3.63) is 279 Å². The molecule has 0 unspecified atom stereocenters. The molecule has 0 amide bonds. The summed E-state index contributed by atoms with van der Waals surface area (Å²) in [5.41, 5.74) is 17.3. The summed E-state index contributed by atoms with van der Waals surface area (Å²) in [7, 11) is 0. The van der Waals surface area contributed by atoms with Crippen molar-refractivity contribution in [3.8, 4) is 11.8 Å². The molecule has 15 heteroatoms. The van der Waals surface area contributed by atoms with Crippen LogP contribution in [0.4, 0.5) is 58.4 Å². The van der Waals surface area contributed by atoms with Crippen LogP contribution in [-0.4, -0.2) is 6.36 Å².